The Morgan fingerprint density at radius 3 is 2.53 bits per heavy atom. The molecular formula is C27H46O3. The largest absolute Gasteiger partial charge is 0.466 e. The Kier molecular flexibility index (Phi) is 6.60. The van der Waals surface area contributed by atoms with Crippen LogP contribution in [0.5, 0.6) is 0 Å². The third kappa shape index (κ3) is 3.86. The molecule has 1 unspecified atom stereocenters. The van der Waals surface area contributed by atoms with Gasteiger partial charge < -0.3 is 9.84 Å². The van der Waals surface area contributed by atoms with Gasteiger partial charge in [-0.2, -0.15) is 0 Å². The highest BCUT2D eigenvalue weighted by atomic mass is 16.5. The number of carbonyl (C=O) groups is 1. The average Bonchev–Trinajstić information content (AvgIpc) is 3.08. The Morgan fingerprint density at radius 1 is 1.03 bits per heavy atom. The Morgan fingerprint density at radius 2 is 1.77 bits per heavy atom. The second kappa shape index (κ2) is 8.75. The molecular weight excluding hydrogens is 372 g/mol. The van der Waals surface area contributed by atoms with Crippen LogP contribution in [0.2, 0.25) is 0 Å². The molecule has 3 nitrogen and oxygen atoms in total. The van der Waals surface area contributed by atoms with Crippen LogP contribution in [0.4, 0.5) is 0 Å². The Hall–Kier alpha value is -0.570. The summed E-state index contributed by atoms with van der Waals surface area (Å²) in [5, 5.41) is 10.2. The molecule has 4 fully saturated rings. The highest BCUT2D eigenvalue weighted by molar-refractivity contribution is 5.69. The minimum absolute atomic E-state index is 0.00200. The van der Waals surface area contributed by atoms with E-state index in [1.807, 2.05) is 0 Å². The van der Waals surface area contributed by atoms with E-state index in [0.29, 0.717) is 29.8 Å². The van der Waals surface area contributed by atoms with Crippen LogP contribution >= 0.6 is 0 Å². The van der Waals surface area contributed by atoms with Gasteiger partial charge in [-0.3, -0.25) is 4.79 Å². The molecule has 0 amide bonds. The van der Waals surface area contributed by atoms with Crippen molar-refractivity contribution < 1.29 is 14.6 Å². The molecule has 9 atom stereocenters. The van der Waals surface area contributed by atoms with Crippen LogP contribution in [-0.2, 0) is 9.53 Å². The first-order chi connectivity index (χ1) is 14.3. The maximum atomic E-state index is 12.0. The quantitative estimate of drug-likeness (QED) is 0.509. The van der Waals surface area contributed by atoms with Crippen LogP contribution in [0.3, 0.4) is 0 Å². The Bertz CT molecular complexity index is 617. The predicted octanol–water partition coefficient (Wildman–Crippen LogP) is 6.38. The van der Waals surface area contributed by atoms with Gasteiger partial charge in [-0.05, 0) is 117 Å². The molecule has 0 aromatic carbocycles. The smallest absolute Gasteiger partial charge is 0.305 e. The molecule has 0 aromatic heterocycles. The van der Waals surface area contributed by atoms with Crippen LogP contribution in [0.15, 0.2) is 0 Å². The SMILES string of the molecule is CCCOC(=O)CC[C@@H](C)[C@H]1CC[C@H]2[C@@H]3CCC4C[C@H](O)CC[C@]4(C)[C@H]3CC[C@]12C. The first kappa shape index (κ1) is 22.6. The van der Waals surface area contributed by atoms with Crippen molar-refractivity contribution in [2.45, 2.75) is 111 Å². The highest BCUT2D eigenvalue weighted by Gasteiger charge is 2.60. The lowest BCUT2D eigenvalue weighted by Gasteiger charge is -2.61. The van der Waals surface area contributed by atoms with Crippen molar-refractivity contribution >= 4 is 5.97 Å². The first-order valence-electron chi connectivity index (χ1n) is 13.1. The van der Waals surface area contributed by atoms with E-state index in [2.05, 4.69) is 27.7 Å². The molecule has 3 heteroatoms. The third-order valence-corrected chi connectivity index (χ3v) is 10.7. The lowest BCUT2D eigenvalue weighted by atomic mass is 9.44. The summed E-state index contributed by atoms with van der Waals surface area (Å²) in [7, 11) is 0. The zero-order valence-corrected chi connectivity index (χ0v) is 20.0. The third-order valence-electron chi connectivity index (χ3n) is 10.7. The van der Waals surface area contributed by atoms with Crippen LogP contribution < -0.4 is 0 Å². The molecule has 4 saturated carbocycles. The number of esters is 1. The van der Waals surface area contributed by atoms with E-state index in [1.54, 1.807) is 0 Å². The maximum Gasteiger partial charge on any atom is 0.305 e. The minimum atomic E-state index is -0.0470. The predicted molar refractivity (Wildman–Crippen MR) is 121 cm³/mol. The number of ether oxygens (including phenoxy) is 1. The van der Waals surface area contributed by atoms with Gasteiger partial charge in [0.1, 0.15) is 0 Å². The second-order valence-electron chi connectivity index (χ2n) is 12.0. The van der Waals surface area contributed by atoms with E-state index >= 15 is 0 Å². The van der Waals surface area contributed by atoms with Crippen molar-refractivity contribution in [1.82, 2.24) is 0 Å². The van der Waals surface area contributed by atoms with Crippen LogP contribution in [-0.4, -0.2) is 23.8 Å². The maximum absolute atomic E-state index is 12.0. The normalized spacial score (nSPS) is 46.4. The van der Waals surface area contributed by atoms with E-state index in [1.165, 1.54) is 44.9 Å². The molecule has 4 aliphatic rings. The monoisotopic (exact) mass is 418 g/mol. The summed E-state index contributed by atoms with van der Waals surface area (Å²) in [5.74, 6) is 4.77. The molecule has 0 bridgehead atoms. The zero-order valence-electron chi connectivity index (χ0n) is 20.0. The Balaban J connectivity index is 1.42. The highest BCUT2D eigenvalue weighted by Crippen LogP contribution is 2.68. The molecule has 1 N–H and O–H groups in total. The number of carbonyl (C=O) groups excluding carboxylic acids is 1. The molecule has 0 heterocycles. The average molecular weight is 419 g/mol. The summed E-state index contributed by atoms with van der Waals surface area (Å²) in [5.41, 5.74) is 0.932. The summed E-state index contributed by atoms with van der Waals surface area (Å²) < 4.78 is 5.32. The van der Waals surface area contributed by atoms with Gasteiger partial charge >= 0.3 is 5.97 Å². The molecule has 172 valence electrons. The van der Waals surface area contributed by atoms with Crippen molar-refractivity contribution in [2.75, 3.05) is 6.61 Å². The van der Waals surface area contributed by atoms with E-state index in [0.717, 1.165) is 55.3 Å². The minimum Gasteiger partial charge on any atom is -0.466 e. The van der Waals surface area contributed by atoms with Gasteiger partial charge in [0.25, 0.3) is 0 Å². The topological polar surface area (TPSA) is 46.5 Å². The summed E-state index contributed by atoms with van der Waals surface area (Å²) in [6.45, 7) is 10.2. The van der Waals surface area contributed by atoms with Crippen molar-refractivity contribution in [3.63, 3.8) is 0 Å². The van der Waals surface area contributed by atoms with E-state index in [9.17, 15) is 9.90 Å². The molecule has 4 aliphatic carbocycles. The fourth-order valence-corrected chi connectivity index (χ4v) is 9.05. The van der Waals surface area contributed by atoms with Crippen molar-refractivity contribution in [3.05, 3.63) is 0 Å². The van der Waals surface area contributed by atoms with Gasteiger partial charge in [0.2, 0.25) is 0 Å². The summed E-state index contributed by atoms with van der Waals surface area (Å²) in [6.07, 6.45) is 14.0. The summed E-state index contributed by atoms with van der Waals surface area (Å²) in [6, 6.07) is 0. The number of aliphatic hydroxyl groups excluding tert-OH is 1. The number of hydrogen-bond acceptors (Lipinski definition) is 3. The van der Waals surface area contributed by atoms with Crippen molar-refractivity contribution in [3.8, 4) is 0 Å². The Labute approximate surface area is 184 Å². The van der Waals surface area contributed by atoms with Crippen LogP contribution in [0.25, 0.3) is 0 Å². The summed E-state index contributed by atoms with van der Waals surface area (Å²) in [4.78, 5) is 12.0. The number of aliphatic hydroxyl groups is 1. The van der Waals surface area contributed by atoms with Gasteiger partial charge in [-0.15, -0.1) is 0 Å². The molecule has 0 radical (unpaired) electrons. The van der Waals surface area contributed by atoms with E-state index in [4.69, 9.17) is 4.74 Å². The molecule has 4 rings (SSSR count). The molecule has 0 saturated heterocycles. The molecule has 0 spiro atoms. The van der Waals surface area contributed by atoms with Gasteiger partial charge in [0.15, 0.2) is 0 Å². The lowest BCUT2D eigenvalue weighted by Crippen LogP contribution is -2.54. The molecule has 30 heavy (non-hydrogen) atoms. The summed E-state index contributed by atoms with van der Waals surface area (Å²) >= 11 is 0. The number of hydrogen-bond donors (Lipinski definition) is 1. The van der Waals surface area contributed by atoms with Gasteiger partial charge in [0.05, 0.1) is 12.7 Å². The van der Waals surface area contributed by atoms with Crippen molar-refractivity contribution in [2.24, 2.45) is 46.3 Å². The van der Waals surface area contributed by atoms with Gasteiger partial charge in [0, 0.05) is 6.42 Å². The number of fused-ring (bicyclic) bond motifs is 5. The lowest BCUT2D eigenvalue weighted by molar-refractivity contribution is -0.144. The number of rotatable bonds is 6. The fraction of sp³-hybridized carbons (Fsp3) is 0.963. The molecule has 0 aliphatic heterocycles. The second-order valence-corrected chi connectivity index (χ2v) is 12.0. The van der Waals surface area contributed by atoms with Crippen molar-refractivity contribution in [1.29, 1.82) is 0 Å². The van der Waals surface area contributed by atoms with Crippen LogP contribution in [0.1, 0.15) is 105 Å². The van der Waals surface area contributed by atoms with E-state index < -0.39 is 0 Å². The van der Waals surface area contributed by atoms with Crippen LogP contribution in [0, 0.1) is 46.3 Å². The van der Waals surface area contributed by atoms with Gasteiger partial charge in [-0.25, -0.2) is 0 Å². The fourth-order valence-electron chi connectivity index (χ4n) is 9.05. The van der Waals surface area contributed by atoms with Gasteiger partial charge in [-0.1, -0.05) is 27.7 Å². The first-order valence-corrected chi connectivity index (χ1v) is 13.1. The zero-order chi connectivity index (χ0) is 21.5. The standard InChI is InChI=1S/C27H46O3/c1-5-16-30-25(29)11-6-18(2)22-9-10-23-21-8-7-19-17-20(28)12-14-26(19,3)24(21)13-15-27(22,23)4/h18-24,28H,5-17H2,1-4H3/t18-,19?,20-,21+,22-,23+,24+,26+,27-/m1/s1. The molecule has 0 aromatic rings. The van der Waals surface area contributed by atoms with E-state index in [-0.39, 0.29) is 12.1 Å².